The number of benzene rings is 1. The van der Waals surface area contributed by atoms with Gasteiger partial charge in [0.25, 0.3) is 5.91 Å². The topological polar surface area (TPSA) is 42.2 Å². The number of carbonyl (C=O) groups is 1. The first kappa shape index (κ1) is 15.5. The molecule has 0 radical (unpaired) electrons. The molecule has 3 nitrogen and oxygen atoms in total. The Morgan fingerprint density at radius 1 is 1.00 bits per heavy atom. The largest absolute Gasteiger partial charge is 0.451 e. The molecule has 0 aliphatic heterocycles. The summed E-state index contributed by atoms with van der Waals surface area (Å²) in [5.74, 6) is 4.15. The molecule has 1 aromatic heterocycles. The zero-order chi connectivity index (χ0) is 17.0. The van der Waals surface area contributed by atoms with Crippen molar-refractivity contribution in [3.63, 3.8) is 0 Å². The van der Waals surface area contributed by atoms with E-state index in [4.69, 9.17) is 16.0 Å². The van der Waals surface area contributed by atoms with Gasteiger partial charge < -0.3 is 9.73 Å². The Kier molecular flexibility index (Phi) is 3.67. The third-order valence-corrected chi connectivity index (χ3v) is 6.70. The molecule has 1 amide bonds. The second kappa shape index (κ2) is 5.91. The van der Waals surface area contributed by atoms with Crippen LogP contribution < -0.4 is 5.32 Å². The van der Waals surface area contributed by atoms with Gasteiger partial charge in [0, 0.05) is 16.6 Å². The van der Waals surface area contributed by atoms with Crippen LogP contribution in [0.15, 0.2) is 40.8 Å². The Hall–Kier alpha value is -1.74. The monoisotopic (exact) mass is 355 g/mol. The lowest BCUT2D eigenvalue weighted by Gasteiger charge is -2.54. The Balaban J connectivity index is 1.32. The van der Waals surface area contributed by atoms with Gasteiger partial charge >= 0.3 is 0 Å². The molecule has 4 saturated carbocycles. The third kappa shape index (κ3) is 2.79. The fourth-order valence-electron chi connectivity index (χ4n) is 5.64. The highest BCUT2D eigenvalue weighted by molar-refractivity contribution is 6.30. The summed E-state index contributed by atoms with van der Waals surface area (Å²) in [6, 6.07) is 11.4. The zero-order valence-corrected chi connectivity index (χ0v) is 14.8. The summed E-state index contributed by atoms with van der Waals surface area (Å²) >= 11 is 6.04. The molecule has 0 spiro atoms. The van der Waals surface area contributed by atoms with E-state index >= 15 is 0 Å². The van der Waals surface area contributed by atoms with Gasteiger partial charge in [-0.2, -0.15) is 0 Å². The SMILES string of the molecule is O=C(NC1C2CC3CC(C2)CC1C3)c1ccc(-c2cccc(Cl)c2)o1. The van der Waals surface area contributed by atoms with E-state index in [-0.39, 0.29) is 5.91 Å². The Morgan fingerprint density at radius 2 is 1.72 bits per heavy atom. The second-order valence-electron chi connectivity index (χ2n) is 8.10. The molecule has 0 saturated heterocycles. The van der Waals surface area contributed by atoms with Gasteiger partial charge in [-0.1, -0.05) is 23.7 Å². The first-order valence-corrected chi connectivity index (χ1v) is 9.70. The number of rotatable bonds is 3. The van der Waals surface area contributed by atoms with E-state index in [1.165, 1.54) is 32.1 Å². The highest BCUT2D eigenvalue weighted by Gasteiger charge is 2.48. The molecule has 0 unspecified atom stereocenters. The van der Waals surface area contributed by atoms with Crippen molar-refractivity contribution < 1.29 is 9.21 Å². The number of halogens is 1. The normalized spacial score (nSPS) is 32.8. The first-order chi connectivity index (χ1) is 12.2. The molecule has 4 aliphatic rings. The van der Waals surface area contributed by atoms with Gasteiger partial charge in [0.2, 0.25) is 0 Å². The standard InChI is InChI=1S/C21H22ClNO2/c22-17-3-1-2-14(11-17)18-4-5-19(25-18)21(24)23-20-15-7-12-6-13(9-15)10-16(20)8-12/h1-5,11-13,15-16,20H,6-10H2,(H,23,24). The Labute approximate surface area is 152 Å². The van der Waals surface area contributed by atoms with Gasteiger partial charge in [-0.15, -0.1) is 0 Å². The third-order valence-electron chi connectivity index (χ3n) is 6.46. The summed E-state index contributed by atoms with van der Waals surface area (Å²) in [7, 11) is 0. The molecule has 4 aliphatic carbocycles. The lowest BCUT2D eigenvalue weighted by atomic mass is 9.54. The quantitative estimate of drug-likeness (QED) is 0.826. The number of furan rings is 1. The summed E-state index contributed by atoms with van der Waals surface area (Å²) < 4.78 is 5.81. The van der Waals surface area contributed by atoms with Crippen LogP contribution in [0.25, 0.3) is 11.3 Å². The molecule has 1 heterocycles. The van der Waals surface area contributed by atoms with Gasteiger partial charge in [0.1, 0.15) is 5.76 Å². The molecule has 4 fully saturated rings. The van der Waals surface area contributed by atoms with Crippen LogP contribution in [-0.4, -0.2) is 11.9 Å². The highest BCUT2D eigenvalue weighted by atomic mass is 35.5. The molecule has 2 aromatic rings. The molecule has 1 N–H and O–H groups in total. The van der Waals surface area contributed by atoms with Crippen LogP contribution in [0.3, 0.4) is 0 Å². The number of carbonyl (C=O) groups excluding carboxylic acids is 1. The lowest BCUT2D eigenvalue weighted by molar-refractivity contribution is -0.0122. The van der Waals surface area contributed by atoms with E-state index in [0.717, 1.165) is 17.4 Å². The van der Waals surface area contributed by atoms with Crippen molar-refractivity contribution in [3.8, 4) is 11.3 Å². The number of amides is 1. The molecular weight excluding hydrogens is 334 g/mol. The number of nitrogens with one attached hydrogen (secondary N) is 1. The van der Waals surface area contributed by atoms with Crippen LogP contribution in [0.2, 0.25) is 5.02 Å². The number of hydrogen-bond acceptors (Lipinski definition) is 2. The predicted molar refractivity (Wildman–Crippen MR) is 97.5 cm³/mol. The van der Waals surface area contributed by atoms with Crippen LogP contribution >= 0.6 is 11.6 Å². The van der Waals surface area contributed by atoms with Crippen molar-refractivity contribution in [1.82, 2.24) is 5.32 Å². The maximum Gasteiger partial charge on any atom is 0.287 e. The van der Waals surface area contributed by atoms with Crippen LogP contribution in [-0.2, 0) is 0 Å². The summed E-state index contributed by atoms with van der Waals surface area (Å²) in [5.41, 5.74) is 0.890. The minimum atomic E-state index is -0.0780. The Bertz CT molecular complexity index is 784. The van der Waals surface area contributed by atoms with E-state index < -0.39 is 0 Å². The molecular formula is C21H22ClNO2. The molecule has 130 valence electrons. The van der Waals surface area contributed by atoms with E-state index in [1.807, 2.05) is 30.3 Å². The Morgan fingerprint density at radius 3 is 2.40 bits per heavy atom. The van der Waals surface area contributed by atoms with Crippen LogP contribution in [0.4, 0.5) is 0 Å². The fraction of sp³-hybridized carbons (Fsp3) is 0.476. The fourth-order valence-corrected chi connectivity index (χ4v) is 5.83. The van der Waals surface area contributed by atoms with E-state index in [9.17, 15) is 4.79 Å². The van der Waals surface area contributed by atoms with Crippen molar-refractivity contribution in [2.24, 2.45) is 23.7 Å². The molecule has 1 aromatic carbocycles. The van der Waals surface area contributed by atoms with Crippen molar-refractivity contribution in [3.05, 3.63) is 47.2 Å². The summed E-state index contributed by atoms with van der Waals surface area (Å²) in [6.45, 7) is 0. The van der Waals surface area contributed by atoms with Crippen LogP contribution in [0.1, 0.15) is 42.7 Å². The highest BCUT2D eigenvalue weighted by Crippen LogP contribution is 2.53. The van der Waals surface area contributed by atoms with Crippen LogP contribution in [0.5, 0.6) is 0 Å². The van der Waals surface area contributed by atoms with Gasteiger partial charge in [0.05, 0.1) is 0 Å². The molecule has 25 heavy (non-hydrogen) atoms. The summed E-state index contributed by atoms with van der Waals surface area (Å²) in [6.07, 6.45) is 6.61. The molecule has 4 bridgehead atoms. The van der Waals surface area contributed by atoms with Crippen molar-refractivity contribution >= 4 is 17.5 Å². The average Bonchev–Trinajstić information content (AvgIpc) is 3.07. The van der Waals surface area contributed by atoms with Crippen LogP contribution in [0, 0.1) is 23.7 Å². The molecule has 0 atom stereocenters. The minimum Gasteiger partial charge on any atom is -0.451 e. The van der Waals surface area contributed by atoms with E-state index in [0.29, 0.717) is 34.4 Å². The predicted octanol–water partition coefficient (Wildman–Crippen LogP) is 5.15. The average molecular weight is 356 g/mol. The maximum atomic E-state index is 12.7. The lowest BCUT2D eigenvalue weighted by Crippen LogP contribution is -2.55. The van der Waals surface area contributed by atoms with E-state index in [1.54, 1.807) is 6.07 Å². The molecule has 4 heteroatoms. The van der Waals surface area contributed by atoms with Gasteiger partial charge in [-0.25, -0.2) is 0 Å². The van der Waals surface area contributed by atoms with E-state index in [2.05, 4.69) is 5.32 Å². The smallest absolute Gasteiger partial charge is 0.287 e. The van der Waals surface area contributed by atoms with Gasteiger partial charge in [0.15, 0.2) is 5.76 Å². The zero-order valence-electron chi connectivity index (χ0n) is 14.1. The van der Waals surface area contributed by atoms with Crippen molar-refractivity contribution in [2.45, 2.75) is 38.1 Å². The van der Waals surface area contributed by atoms with Gasteiger partial charge in [-0.05, 0) is 80.0 Å². The maximum absolute atomic E-state index is 12.7. The number of hydrogen-bond donors (Lipinski definition) is 1. The van der Waals surface area contributed by atoms with Gasteiger partial charge in [-0.3, -0.25) is 4.79 Å². The van der Waals surface area contributed by atoms with Crippen molar-refractivity contribution in [1.29, 1.82) is 0 Å². The summed E-state index contributed by atoms with van der Waals surface area (Å²) in [4.78, 5) is 12.7. The van der Waals surface area contributed by atoms with Crippen molar-refractivity contribution in [2.75, 3.05) is 0 Å². The second-order valence-corrected chi connectivity index (χ2v) is 8.54. The first-order valence-electron chi connectivity index (χ1n) is 9.32. The summed E-state index contributed by atoms with van der Waals surface area (Å²) in [5, 5.41) is 3.96. The molecule has 6 rings (SSSR count). The minimum absolute atomic E-state index is 0.0780.